The van der Waals surface area contributed by atoms with Crippen LogP contribution in [0.15, 0.2) is 41.8 Å². The average molecular weight is 441 g/mol. The third kappa shape index (κ3) is 4.97. The van der Waals surface area contributed by atoms with E-state index in [0.717, 1.165) is 32.5 Å². The van der Waals surface area contributed by atoms with Crippen LogP contribution < -0.4 is 5.32 Å². The SMILES string of the molecule is Cc1c(C(=O)NCC2CCN(Cc3cccs3)CC2)nnn1-c1cccc([N+](=O)[O-])c1. The molecule has 1 aliphatic rings. The number of nitro groups is 1. The van der Waals surface area contributed by atoms with Crippen LogP contribution in [0.4, 0.5) is 5.69 Å². The van der Waals surface area contributed by atoms with Crippen molar-refractivity contribution >= 4 is 22.9 Å². The number of piperidine rings is 1. The van der Waals surface area contributed by atoms with Crippen molar-refractivity contribution in [3.63, 3.8) is 0 Å². The van der Waals surface area contributed by atoms with E-state index in [9.17, 15) is 14.9 Å². The first-order valence-electron chi connectivity index (χ1n) is 10.2. The molecule has 0 aliphatic carbocycles. The van der Waals surface area contributed by atoms with Crippen molar-refractivity contribution in [3.8, 4) is 5.69 Å². The first-order chi connectivity index (χ1) is 15.0. The molecule has 0 atom stereocenters. The number of thiophene rings is 1. The molecule has 1 amide bonds. The number of nitro benzene ring substituents is 1. The minimum Gasteiger partial charge on any atom is -0.350 e. The van der Waals surface area contributed by atoms with Gasteiger partial charge >= 0.3 is 0 Å². The van der Waals surface area contributed by atoms with E-state index in [1.807, 2.05) is 0 Å². The summed E-state index contributed by atoms with van der Waals surface area (Å²) in [5.74, 6) is 0.172. The fourth-order valence-corrected chi connectivity index (χ4v) is 4.56. The molecule has 0 saturated carbocycles. The highest BCUT2D eigenvalue weighted by Crippen LogP contribution is 2.21. The van der Waals surface area contributed by atoms with Crippen LogP contribution in [0.5, 0.6) is 0 Å². The minimum absolute atomic E-state index is 0.0381. The summed E-state index contributed by atoms with van der Waals surface area (Å²) < 4.78 is 1.45. The number of amides is 1. The predicted molar refractivity (Wildman–Crippen MR) is 117 cm³/mol. The fourth-order valence-electron chi connectivity index (χ4n) is 3.81. The number of likely N-dealkylation sites (tertiary alicyclic amines) is 1. The van der Waals surface area contributed by atoms with Gasteiger partial charge in [-0.15, -0.1) is 16.4 Å². The highest BCUT2D eigenvalue weighted by atomic mass is 32.1. The number of hydrogen-bond donors (Lipinski definition) is 1. The molecule has 1 N–H and O–H groups in total. The van der Waals surface area contributed by atoms with Crippen LogP contribution in [0.2, 0.25) is 0 Å². The number of carbonyl (C=O) groups excluding carboxylic acids is 1. The topological polar surface area (TPSA) is 106 Å². The lowest BCUT2D eigenvalue weighted by Gasteiger charge is -2.31. The molecule has 0 bridgehead atoms. The number of nitrogens with zero attached hydrogens (tertiary/aromatic N) is 5. The predicted octanol–water partition coefficient (Wildman–Crippen LogP) is 3.19. The van der Waals surface area contributed by atoms with Gasteiger partial charge in [0, 0.05) is 30.1 Å². The Labute approximate surface area is 183 Å². The maximum absolute atomic E-state index is 12.7. The smallest absolute Gasteiger partial charge is 0.273 e. The first kappa shape index (κ1) is 21.1. The van der Waals surface area contributed by atoms with Gasteiger partial charge in [0.15, 0.2) is 5.69 Å². The summed E-state index contributed by atoms with van der Waals surface area (Å²) in [5.41, 5.74) is 1.24. The highest BCUT2D eigenvalue weighted by molar-refractivity contribution is 7.09. The summed E-state index contributed by atoms with van der Waals surface area (Å²) in [6, 6.07) is 10.3. The normalized spacial score (nSPS) is 15.1. The molecular weight excluding hydrogens is 416 g/mol. The van der Waals surface area contributed by atoms with Gasteiger partial charge in [-0.25, -0.2) is 4.68 Å². The second-order valence-corrected chi connectivity index (χ2v) is 8.75. The van der Waals surface area contributed by atoms with Gasteiger partial charge in [-0.05, 0) is 56.3 Å². The zero-order chi connectivity index (χ0) is 21.8. The first-order valence-corrected chi connectivity index (χ1v) is 11.1. The van der Waals surface area contributed by atoms with Crippen LogP contribution in [-0.4, -0.2) is 50.4 Å². The molecule has 0 unspecified atom stereocenters. The Hall–Kier alpha value is -3.11. The van der Waals surface area contributed by atoms with E-state index < -0.39 is 4.92 Å². The second-order valence-electron chi connectivity index (χ2n) is 7.72. The summed E-state index contributed by atoms with van der Waals surface area (Å²) >= 11 is 1.79. The van der Waals surface area contributed by atoms with E-state index in [0.29, 0.717) is 23.8 Å². The molecule has 3 aromatic rings. The van der Waals surface area contributed by atoms with Crippen molar-refractivity contribution in [2.24, 2.45) is 5.92 Å². The molecule has 0 radical (unpaired) electrons. The number of aromatic nitrogens is 3. The van der Waals surface area contributed by atoms with Crippen molar-refractivity contribution in [2.75, 3.05) is 19.6 Å². The van der Waals surface area contributed by atoms with Crippen LogP contribution >= 0.6 is 11.3 Å². The second kappa shape index (κ2) is 9.36. The Bertz CT molecular complexity index is 1060. The van der Waals surface area contributed by atoms with Gasteiger partial charge in [-0.2, -0.15) is 0 Å². The van der Waals surface area contributed by atoms with Crippen molar-refractivity contribution in [1.29, 1.82) is 0 Å². The average Bonchev–Trinajstić information content (AvgIpc) is 3.42. The van der Waals surface area contributed by atoms with Gasteiger partial charge in [-0.1, -0.05) is 17.3 Å². The molecule has 10 heteroatoms. The maximum atomic E-state index is 12.7. The summed E-state index contributed by atoms with van der Waals surface area (Å²) in [4.78, 5) is 27.0. The summed E-state index contributed by atoms with van der Waals surface area (Å²) in [7, 11) is 0. The van der Waals surface area contributed by atoms with Gasteiger partial charge in [0.2, 0.25) is 0 Å². The molecule has 9 nitrogen and oxygen atoms in total. The molecule has 31 heavy (non-hydrogen) atoms. The van der Waals surface area contributed by atoms with Crippen molar-refractivity contribution in [2.45, 2.75) is 26.3 Å². The summed E-state index contributed by atoms with van der Waals surface area (Å²) in [6.07, 6.45) is 2.09. The lowest BCUT2D eigenvalue weighted by atomic mass is 9.96. The number of non-ortho nitro benzene ring substituents is 1. The van der Waals surface area contributed by atoms with Crippen LogP contribution in [0.1, 0.15) is 33.9 Å². The van der Waals surface area contributed by atoms with Crippen LogP contribution in [-0.2, 0) is 6.54 Å². The van der Waals surface area contributed by atoms with Crippen molar-refractivity contribution in [3.05, 3.63) is 68.2 Å². The Kier molecular flexibility index (Phi) is 6.38. The van der Waals surface area contributed by atoms with Crippen LogP contribution in [0, 0.1) is 23.0 Å². The number of nitrogens with one attached hydrogen (secondary N) is 1. The molecule has 4 rings (SSSR count). The molecule has 1 fully saturated rings. The van der Waals surface area contributed by atoms with E-state index in [1.54, 1.807) is 30.4 Å². The lowest BCUT2D eigenvalue weighted by Crippen LogP contribution is -2.38. The Morgan fingerprint density at radius 3 is 2.81 bits per heavy atom. The third-order valence-electron chi connectivity index (χ3n) is 5.61. The van der Waals surface area contributed by atoms with E-state index in [4.69, 9.17) is 0 Å². The third-order valence-corrected chi connectivity index (χ3v) is 6.47. The minimum atomic E-state index is -0.463. The molecule has 1 aromatic carbocycles. The standard InChI is InChI=1S/C21H24N6O3S/c1-15-20(23-24-26(15)17-4-2-5-18(12-17)27(29)30)21(28)22-13-16-7-9-25(10-8-16)14-19-6-3-11-31-19/h2-6,11-12,16H,7-10,13-14H2,1H3,(H,22,28). The molecule has 1 aliphatic heterocycles. The van der Waals surface area contributed by atoms with Gasteiger partial charge in [0.05, 0.1) is 16.3 Å². The van der Waals surface area contributed by atoms with Gasteiger partial charge in [-0.3, -0.25) is 19.8 Å². The zero-order valence-electron chi connectivity index (χ0n) is 17.2. The number of benzene rings is 1. The van der Waals surface area contributed by atoms with E-state index in [1.165, 1.54) is 21.7 Å². The largest absolute Gasteiger partial charge is 0.350 e. The summed E-state index contributed by atoms with van der Waals surface area (Å²) in [5, 5.41) is 24.1. The number of rotatable bonds is 7. The van der Waals surface area contributed by atoms with E-state index in [2.05, 4.69) is 38.0 Å². The van der Waals surface area contributed by atoms with Crippen molar-refractivity contribution in [1.82, 2.24) is 25.2 Å². The van der Waals surface area contributed by atoms with E-state index in [-0.39, 0.29) is 17.3 Å². The maximum Gasteiger partial charge on any atom is 0.273 e. The Balaban J connectivity index is 1.32. The molecule has 2 aromatic heterocycles. The number of carbonyl (C=O) groups is 1. The summed E-state index contributed by atoms with van der Waals surface area (Å²) in [6.45, 7) is 5.39. The molecule has 3 heterocycles. The highest BCUT2D eigenvalue weighted by Gasteiger charge is 2.22. The molecule has 1 saturated heterocycles. The lowest BCUT2D eigenvalue weighted by molar-refractivity contribution is -0.384. The Morgan fingerprint density at radius 2 is 2.10 bits per heavy atom. The fraction of sp³-hybridized carbons (Fsp3) is 0.381. The molecular formula is C21H24N6O3S. The number of hydrogen-bond acceptors (Lipinski definition) is 7. The van der Waals surface area contributed by atoms with Crippen LogP contribution in [0.3, 0.4) is 0 Å². The quantitative estimate of drug-likeness (QED) is 0.447. The van der Waals surface area contributed by atoms with Gasteiger partial charge in [0.25, 0.3) is 11.6 Å². The van der Waals surface area contributed by atoms with Crippen LogP contribution in [0.25, 0.3) is 5.69 Å². The zero-order valence-corrected chi connectivity index (χ0v) is 18.0. The van der Waals surface area contributed by atoms with Gasteiger partial charge < -0.3 is 5.32 Å². The molecule has 0 spiro atoms. The molecule has 162 valence electrons. The van der Waals surface area contributed by atoms with Gasteiger partial charge in [0.1, 0.15) is 0 Å². The monoisotopic (exact) mass is 440 g/mol. The van der Waals surface area contributed by atoms with Crippen molar-refractivity contribution < 1.29 is 9.72 Å². The van der Waals surface area contributed by atoms with E-state index >= 15 is 0 Å². The Morgan fingerprint density at radius 1 is 1.29 bits per heavy atom.